The maximum Gasteiger partial charge on any atom is 0.338 e. The Morgan fingerprint density at radius 3 is 2.19 bits per heavy atom. The largest absolute Gasteiger partial charge is 0.462 e. The van der Waals surface area contributed by atoms with Crippen LogP contribution in [0.3, 0.4) is 0 Å². The molecule has 2 aromatic rings. The number of nitrogens with zero attached hydrogens (tertiary/aromatic N) is 1. The average Bonchev–Trinajstić information content (AvgIpc) is 2.67. The molecule has 1 N–H and O–H groups in total. The number of rotatable bonds is 6. The maximum absolute atomic E-state index is 12.4. The van der Waals surface area contributed by atoms with Crippen molar-refractivity contribution in [2.45, 2.75) is 20.4 Å². The first kappa shape index (κ1) is 19.2. The molecule has 0 aromatic heterocycles. The van der Waals surface area contributed by atoms with Gasteiger partial charge in [-0.1, -0.05) is 30.3 Å². The highest BCUT2D eigenvalue weighted by atomic mass is 16.5. The number of hydrogen-bond acceptors (Lipinski definition) is 4. The molecule has 0 unspecified atom stereocenters. The summed E-state index contributed by atoms with van der Waals surface area (Å²) < 4.78 is 4.90. The molecule has 0 spiro atoms. The molecule has 26 heavy (non-hydrogen) atoms. The molecule has 0 aliphatic heterocycles. The second-order valence-corrected chi connectivity index (χ2v) is 5.56. The Kier molecular flexibility index (Phi) is 6.91. The van der Waals surface area contributed by atoms with Gasteiger partial charge in [0.05, 0.1) is 12.2 Å². The van der Waals surface area contributed by atoms with Gasteiger partial charge in [-0.15, -0.1) is 0 Å². The topological polar surface area (TPSA) is 75.7 Å². The molecule has 136 valence electrons. The fourth-order valence-electron chi connectivity index (χ4n) is 2.36. The molecule has 2 amide bonds. The summed E-state index contributed by atoms with van der Waals surface area (Å²) in [6, 6.07) is 15.7. The Morgan fingerprint density at radius 1 is 0.962 bits per heavy atom. The van der Waals surface area contributed by atoms with Gasteiger partial charge in [0.25, 0.3) is 0 Å². The lowest BCUT2D eigenvalue weighted by Crippen LogP contribution is -2.39. The Hall–Kier alpha value is -3.15. The second-order valence-electron chi connectivity index (χ2n) is 5.56. The minimum Gasteiger partial charge on any atom is -0.462 e. The van der Waals surface area contributed by atoms with Crippen LogP contribution in [0.2, 0.25) is 0 Å². The van der Waals surface area contributed by atoms with E-state index in [9.17, 15) is 14.4 Å². The van der Waals surface area contributed by atoms with Crippen LogP contribution in [-0.2, 0) is 20.9 Å². The van der Waals surface area contributed by atoms with Gasteiger partial charge in [0.15, 0.2) is 0 Å². The van der Waals surface area contributed by atoms with Crippen molar-refractivity contribution in [3.05, 3.63) is 65.7 Å². The number of carbonyl (C=O) groups is 3. The van der Waals surface area contributed by atoms with Crippen molar-refractivity contribution in [3.63, 3.8) is 0 Å². The summed E-state index contributed by atoms with van der Waals surface area (Å²) in [7, 11) is 0. The van der Waals surface area contributed by atoms with Crippen molar-refractivity contribution in [3.8, 4) is 0 Å². The van der Waals surface area contributed by atoms with Crippen LogP contribution >= 0.6 is 0 Å². The van der Waals surface area contributed by atoms with Gasteiger partial charge in [0, 0.05) is 18.8 Å². The third-order valence-electron chi connectivity index (χ3n) is 3.73. The third-order valence-corrected chi connectivity index (χ3v) is 3.73. The van der Waals surface area contributed by atoms with E-state index in [4.69, 9.17) is 4.74 Å². The number of likely N-dealkylation sites (N-methyl/N-ethyl adjacent to an activating group) is 1. The van der Waals surface area contributed by atoms with E-state index >= 15 is 0 Å². The fraction of sp³-hybridized carbons (Fsp3) is 0.250. The lowest BCUT2D eigenvalue weighted by molar-refractivity contribution is -0.143. The summed E-state index contributed by atoms with van der Waals surface area (Å²) in [5.41, 5.74) is 1.77. The minimum atomic E-state index is -0.716. The average molecular weight is 354 g/mol. The molecule has 6 heteroatoms. The van der Waals surface area contributed by atoms with E-state index in [2.05, 4.69) is 5.32 Å². The van der Waals surface area contributed by atoms with Crippen LogP contribution < -0.4 is 5.32 Å². The van der Waals surface area contributed by atoms with Crippen LogP contribution in [0.5, 0.6) is 0 Å². The fourth-order valence-corrected chi connectivity index (χ4v) is 2.36. The van der Waals surface area contributed by atoms with Crippen LogP contribution in [0.4, 0.5) is 5.69 Å². The normalized spacial score (nSPS) is 10.1. The second kappa shape index (κ2) is 9.36. The van der Waals surface area contributed by atoms with Gasteiger partial charge in [-0.2, -0.15) is 0 Å². The molecule has 2 aromatic carbocycles. The first-order chi connectivity index (χ1) is 12.5. The van der Waals surface area contributed by atoms with E-state index in [1.54, 1.807) is 31.2 Å². The van der Waals surface area contributed by atoms with Crippen molar-refractivity contribution in [1.29, 1.82) is 0 Å². The number of esters is 1. The van der Waals surface area contributed by atoms with Crippen molar-refractivity contribution in [2.24, 2.45) is 0 Å². The van der Waals surface area contributed by atoms with Crippen LogP contribution in [0.1, 0.15) is 29.8 Å². The minimum absolute atomic E-state index is 0.292. The molecule has 6 nitrogen and oxygen atoms in total. The summed E-state index contributed by atoms with van der Waals surface area (Å²) in [5.74, 6) is -1.75. The van der Waals surface area contributed by atoms with Crippen molar-refractivity contribution in [2.75, 3.05) is 18.5 Å². The van der Waals surface area contributed by atoms with E-state index in [0.717, 1.165) is 5.56 Å². The van der Waals surface area contributed by atoms with Gasteiger partial charge in [-0.3, -0.25) is 9.59 Å². The first-order valence-electron chi connectivity index (χ1n) is 8.46. The van der Waals surface area contributed by atoms with Crippen LogP contribution in [0.25, 0.3) is 0 Å². The zero-order valence-corrected chi connectivity index (χ0v) is 14.9. The molecule has 0 radical (unpaired) electrons. The number of ether oxygens (including phenoxy) is 1. The van der Waals surface area contributed by atoms with Crippen LogP contribution in [0, 0.1) is 0 Å². The third kappa shape index (κ3) is 5.17. The summed E-state index contributed by atoms with van der Waals surface area (Å²) in [5, 5.41) is 2.56. The highest BCUT2D eigenvalue weighted by molar-refractivity contribution is 6.39. The van der Waals surface area contributed by atoms with Crippen LogP contribution in [-0.4, -0.2) is 35.8 Å². The maximum atomic E-state index is 12.4. The standard InChI is InChI=1S/C20H22N2O4/c1-3-22(14-15-8-6-5-7-9-15)19(24)18(23)21-17-12-10-16(11-13-17)20(25)26-4-2/h5-13H,3-4,14H2,1-2H3,(H,21,23). The highest BCUT2D eigenvalue weighted by Gasteiger charge is 2.21. The SMILES string of the molecule is CCOC(=O)c1ccc(NC(=O)C(=O)N(CC)Cc2ccccc2)cc1. The van der Waals surface area contributed by atoms with Crippen LogP contribution in [0.15, 0.2) is 54.6 Å². The molecule has 0 saturated carbocycles. The molecule has 0 saturated heterocycles. The summed E-state index contributed by atoms with van der Waals surface area (Å²) >= 11 is 0. The number of benzene rings is 2. The summed E-state index contributed by atoms with van der Waals surface area (Å²) in [6.45, 7) is 4.63. The molecule has 0 aliphatic carbocycles. The lowest BCUT2D eigenvalue weighted by Gasteiger charge is -2.20. The zero-order valence-electron chi connectivity index (χ0n) is 14.9. The molecular formula is C20H22N2O4. The molecular weight excluding hydrogens is 332 g/mol. The Labute approximate surface area is 152 Å². The summed E-state index contributed by atoms with van der Waals surface area (Å²) in [4.78, 5) is 37.7. The van der Waals surface area contributed by atoms with Gasteiger partial charge in [0.2, 0.25) is 0 Å². The molecule has 0 heterocycles. The Morgan fingerprint density at radius 2 is 1.62 bits per heavy atom. The van der Waals surface area contributed by atoms with Crippen molar-refractivity contribution < 1.29 is 19.1 Å². The van der Waals surface area contributed by atoms with E-state index in [1.165, 1.54) is 4.90 Å². The summed E-state index contributed by atoms with van der Waals surface area (Å²) in [6.07, 6.45) is 0. The van der Waals surface area contributed by atoms with E-state index in [1.807, 2.05) is 37.3 Å². The Balaban J connectivity index is 1.99. The number of anilines is 1. The van der Waals surface area contributed by atoms with Gasteiger partial charge in [-0.25, -0.2) is 4.79 Å². The highest BCUT2D eigenvalue weighted by Crippen LogP contribution is 2.12. The Bertz CT molecular complexity index is 757. The molecule has 0 fully saturated rings. The van der Waals surface area contributed by atoms with Gasteiger partial charge < -0.3 is 15.0 Å². The van der Waals surface area contributed by atoms with Gasteiger partial charge in [-0.05, 0) is 43.7 Å². The number of hydrogen-bond donors (Lipinski definition) is 1. The quantitative estimate of drug-likeness (QED) is 0.639. The van der Waals surface area contributed by atoms with Gasteiger partial charge in [0.1, 0.15) is 0 Å². The lowest BCUT2D eigenvalue weighted by atomic mass is 10.2. The van der Waals surface area contributed by atoms with E-state index in [-0.39, 0.29) is 0 Å². The predicted molar refractivity (Wildman–Crippen MR) is 98.6 cm³/mol. The van der Waals surface area contributed by atoms with E-state index < -0.39 is 17.8 Å². The first-order valence-corrected chi connectivity index (χ1v) is 8.46. The predicted octanol–water partition coefficient (Wildman–Crippen LogP) is 2.85. The monoisotopic (exact) mass is 354 g/mol. The van der Waals surface area contributed by atoms with E-state index in [0.29, 0.717) is 30.9 Å². The number of nitrogens with one attached hydrogen (secondary N) is 1. The molecule has 0 atom stereocenters. The molecule has 0 aliphatic rings. The molecule has 2 rings (SSSR count). The number of amides is 2. The molecule has 0 bridgehead atoms. The van der Waals surface area contributed by atoms with Crippen molar-refractivity contribution >= 4 is 23.5 Å². The zero-order chi connectivity index (χ0) is 18.9. The smallest absolute Gasteiger partial charge is 0.338 e. The number of carbonyl (C=O) groups excluding carboxylic acids is 3. The van der Waals surface area contributed by atoms with Crippen molar-refractivity contribution in [1.82, 2.24) is 4.90 Å². The van der Waals surface area contributed by atoms with Gasteiger partial charge >= 0.3 is 17.8 Å².